The lowest BCUT2D eigenvalue weighted by atomic mass is 10.2. The maximum absolute atomic E-state index is 12.1. The van der Waals surface area contributed by atoms with Gasteiger partial charge in [0.2, 0.25) is 5.91 Å². The SMILES string of the molecule is C[C@@H]1CNCCN1C(=O)Cc1ccc(Br)s1.Cl. The highest BCUT2D eigenvalue weighted by Gasteiger charge is 2.23. The van der Waals surface area contributed by atoms with E-state index < -0.39 is 0 Å². The number of piperazine rings is 1. The second-order valence-corrected chi connectivity index (χ2v) is 6.57. The molecule has 6 heteroatoms. The molecular weight excluding hydrogens is 324 g/mol. The summed E-state index contributed by atoms with van der Waals surface area (Å²) >= 11 is 5.05. The van der Waals surface area contributed by atoms with Crippen LogP contribution in [-0.4, -0.2) is 36.5 Å². The molecular formula is C11H16BrClN2OS. The molecule has 0 aromatic carbocycles. The van der Waals surface area contributed by atoms with E-state index in [4.69, 9.17) is 0 Å². The molecule has 2 rings (SSSR count). The predicted octanol–water partition coefficient (Wildman–Crippen LogP) is 2.30. The molecule has 0 radical (unpaired) electrons. The van der Waals surface area contributed by atoms with Gasteiger partial charge in [0.1, 0.15) is 0 Å². The average molecular weight is 340 g/mol. The monoisotopic (exact) mass is 338 g/mol. The first-order valence-electron chi connectivity index (χ1n) is 5.41. The van der Waals surface area contributed by atoms with E-state index in [1.165, 1.54) is 0 Å². The molecule has 1 aromatic rings. The number of carbonyl (C=O) groups excluding carboxylic acids is 1. The summed E-state index contributed by atoms with van der Waals surface area (Å²) < 4.78 is 1.09. The van der Waals surface area contributed by atoms with Crippen LogP contribution in [-0.2, 0) is 11.2 Å². The summed E-state index contributed by atoms with van der Waals surface area (Å²) in [6.07, 6.45) is 0.528. The molecule has 96 valence electrons. The minimum Gasteiger partial charge on any atom is -0.337 e. The van der Waals surface area contributed by atoms with Crippen molar-refractivity contribution in [2.45, 2.75) is 19.4 Å². The quantitative estimate of drug-likeness (QED) is 0.896. The van der Waals surface area contributed by atoms with Gasteiger partial charge in [-0.25, -0.2) is 0 Å². The summed E-state index contributed by atoms with van der Waals surface area (Å²) in [5.74, 6) is 0.239. The van der Waals surface area contributed by atoms with Gasteiger partial charge >= 0.3 is 0 Å². The molecule has 1 saturated heterocycles. The highest BCUT2D eigenvalue weighted by Crippen LogP contribution is 2.23. The lowest BCUT2D eigenvalue weighted by Crippen LogP contribution is -2.52. The van der Waals surface area contributed by atoms with Crippen LogP contribution >= 0.6 is 39.7 Å². The van der Waals surface area contributed by atoms with Crippen molar-refractivity contribution in [3.63, 3.8) is 0 Å². The van der Waals surface area contributed by atoms with Crippen LogP contribution in [0.25, 0.3) is 0 Å². The molecule has 1 aliphatic rings. The first-order valence-corrected chi connectivity index (χ1v) is 7.02. The number of carbonyl (C=O) groups is 1. The zero-order valence-electron chi connectivity index (χ0n) is 9.61. The van der Waals surface area contributed by atoms with Crippen molar-refractivity contribution in [1.82, 2.24) is 10.2 Å². The van der Waals surface area contributed by atoms with Crippen LogP contribution in [0.1, 0.15) is 11.8 Å². The van der Waals surface area contributed by atoms with Crippen molar-refractivity contribution < 1.29 is 4.79 Å². The molecule has 1 aliphatic heterocycles. The van der Waals surface area contributed by atoms with Gasteiger partial charge in [-0.1, -0.05) is 0 Å². The van der Waals surface area contributed by atoms with Crippen molar-refractivity contribution in [3.8, 4) is 0 Å². The zero-order chi connectivity index (χ0) is 11.5. The Morgan fingerprint density at radius 3 is 3.00 bits per heavy atom. The molecule has 0 saturated carbocycles. The minimum atomic E-state index is 0. The van der Waals surface area contributed by atoms with Crippen LogP contribution in [0.2, 0.25) is 0 Å². The van der Waals surface area contributed by atoms with Crippen LogP contribution in [0.3, 0.4) is 0 Å². The Labute approximate surface area is 120 Å². The van der Waals surface area contributed by atoms with Crippen molar-refractivity contribution >= 4 is 45.6 Å². The van der Waals surface area contributed by atoms with Gasteiger partial charge in [0, 0.05) is 30.6 Å². The summed E-state index contributed by atoms with van der Waals surface area (Å²) in [6.45, 7) is 4.73. The van der Waals surface area contributed by atoms with Crippen molar-refractivity contribution in [2.75, 3.05) is 19.6 Å². The second kappa shape index (κ2) is 6.73. The third-order valence-electron chi connectivity index (χ3n) is 2.78. The molecule has 2 heterocycles. The van der Waals surface area contributed by atoms with Crippen molar-refractivity contribution in [1.29, 1.82) is 0 Å². The van der Waals surface area contributed by atoms with Gasteiger partial charge in [0.15, 0.2) is 0 Å². The molecule has 3 nitrogen and oxygen atoms in total. The third kappa shape index (κ3) is 3.95. The minimum absolute atomic E-state index is 0. The van der Waals surface area contributed by atoms with E-state index in [1.807, 2.05) is 17.0 Å². The molecule has 17 heavy (non-hydrogen) atoms. The Morgan fingerprint density at radius 1 is 1.65 bits per heavy atom. The van der Waals surface area contributed by atoms with E-state index in [0.29, 0.717) is 12.5 Å². The fourth-order valence-electron chi connectivity index (χ4n) is 1.91. The van der Waals surface area contributed by atoms with Gasteiger partial charge in [-0.15, -0.1) is 23.7 Å². The van der Waals surface area contributed by atoms with E-state index >= 15 is 0 Å². The Bertz CT molecular complexity index is 385. The molecule has 0 spiro atoms. The van der Waals surface area contributed by atoms with Crippen LogP contribution in [0.15, 0.2) is 15.9 Å². The van der Waals surface area contributed by atoms with Gasteiger partial charge < -0.3 is 10.2 Å². The van der Waals surface area contributed by atoms with Crippen LogP contribution in [0.4, 0.5) is 0 Å². The van der Waals surface area contributed by atoms with Gasteiger partial charge in [-0.3, -0.25) is 4.79 Å². The normalized spacial score (nSPS) is 19.9. The number of hydrogen-bond acceptors (Lipinski definition) is 3. The largest absolute Gasteiger partial charge is 0.337 e. The number of rotatable bonds is 2. The number of hydrogen-bond donors (Lipinski definition) is 1. The van der Waals surface area contributed by atoms with E-state index in [0.717, 1.165) is 28.3 Å². The standard InChI is InChI=1S/C11H15BrN2OS.ClH/c1-8-7-13-4-5-14(8)11(15)6-9-2-3-10(12)16-9;/h2-3,8,13H,4-7H2,1H3;1H/t8-;/m1./s1. The molecule has 1 aromatic heterocycles. The van der Waals surface area contributed by atoms with Crippen LogP contribution < -0.4 is 5.32 Å². The van der Waals surface area contributed by atoms with E-state index in [1.54, 1.807) is 11.3 Å². The van der Waals surface area contributed by atoms with E-state index in [9.17, 15) is 4.79 Å². The average Bonchev–Trinajstić information content (AvgIpc) is 2.64. The molecule has 1 atom stereocenters. The fraction of sp³-hybridized carbons (Fsp3) is 0.545. The number of amides is 1. The molecule has 0 unspecified atom stereocenters. The van der Waals surface area contributed by atoms with Crippen molar-refractivity contribution in [2.24, 2.45) is 0 Å². The van der Waals surface area contributed by atoms with E-state index in [2.05, 4.69) is 28.2 Å². The third-order valence-corrected chi connectivity index (χ3v) is 4.40. The number of thiophene rings is 1. The van der Waals surface area contributed by atoms with Gasteiger partial charge in [0.25, 0.3) is 0 Å². The van der Waals surface area contributed by atoms with Gasteiger partial charge in [0.05, 0.1) is 10.2 Å². The summed E-state index contributed by atoms with van der Waals surface area (Å²) in [7, 11) is 0. The predicted molar refractivity (Wildman–Crippen MR) is 77.0 cm³/mol. The lowest BCUT2D eigenvalue weighted by Gasteiger charge is -2.34. The van der Waals surface area contributed by atoms with Gasteiger partial charge in [-0.05, 0) is 35.0 Å². The molecule has 0 aliphatic carbocycles. The first-order chi connectivity index (χ1) is 7.66. The summed E-state index contributed by atoms with van der Waals surface area (Å²) in [6, 6.07) is 4.32. The first kappa shape index (κ1) is 15.0. The smallest absolute Gasteiger partial charge is 0.228 e. The van der Waals surface area contributed by atoms with E-state index in [-0.39, 0.29) is 18.3 Å². The molecule has 1 amide bonds. The Hall–Kier alpha value is -0.100. The topological polar surface area (TPSA) is 32.3 Å². The fourth-order valence-corrected chi connectivity index (χ4v) is 3.38. The zero-order valence-corrected chi connectivity index (χ0v) is 12.8. The lowest BCUT2D eigenvalue weighted by molar-refractivity contribution is -0.133. The molecule has 1 fully saturated rings. The second-order valence-electron chi connectivity index (χ2n) is 4.02. The number of nitrogens with zero attached hydrogens (tertiary/aromatic N) is 1. The summed E-state index contributed by atoms with van der Waals surface area (Å²) in [5, 5.41) is 3.29. The Kier molecular flexibility index (Phi) is 5.92. The molecule has 0 bridgehead atoms. The Balaban J connectivity index is 0.00000144. The number of halogens is 2. The summed E-state index contributed by atoms with van der Waals surface area (Å²) in [5.41, 5.74) is 0. The maximum atomic E-state index is 12.1. The summed E-state index contributed by atoms with van der Waals surface area (Å²) in [4.78, 5) is 15.2. The van der Waals surface area contributed by atoms with Crippen LogP contribution in [0, 0.1) is 0 Å². The molecule has 1 N–H and O–H groups in total. The Morgan fingerprint density at radius 2 is 2.41 bits per heavy atom. The van der Waals surface area contributed by atoms with Crippen LogP contribution in [0.5, 0.6) is 0 Å². The highest BCUT2D eigenvalue weighted by atomic mass is 79.9. The number of nitrogens with one attached hydrogen (secondary N) is 1. The van der Waals surface area contributed by atoms with Crippen molar-refractivity contribution in [3.05, 3.63) is 20.8 Å². The van der Waals surface area contributed by atoms with Gasteiger partial charge in [-0.2, -0.15) is 0 Å². The maximum Gasteiger partial charge on any atom is 0.228 e. The highest BCUT2D eigenvalue weighted by molar-refractivity contribution is 9.11.